The Hall–Kier alpha value is -2.21. The van der Waals surface area contributed by atoms with Crippen LogP contribution in [0.2, 0.25) is 0 Å². The van der Waals surface area contributed by atoms with Gasteiger partial charge in [0.15, 0.2) is 0 Å². The Kier molecular flexibility index (Phi) is 4.47. The number of carbonyl (C=O) groups excluding carboxylic acids is 1. The summed E-state index contributed by atoms with van der Waals surface area (Å²) in [6.45, 7) is 3.91. The summed E-state index contributed by atoms with van der Waals surface area (Å²) in [6.07, 6.45) is 0. The Labute approximate surface area is 117 Å². The molecule has 6 heteroatoms. The predicted octanol–water partition coefficient (Wildman–Crippen LogP) is 2.01. The van der Waals surface area contributed by atoms with E-state index < -0.39 is 0 Å². The number of amides is 1. The first kappa shape index (κ1) is 14.2. The Morgan fingerprint density at radius 1 is 1.35 bits per heavy atom. The first-order chi connectivity index (χ1) is 9.56. The topological polar surface area (TPSA) is 71.3 Å². The number of nitrogens with one attached hydrogen (secondary N) is 1. The van der Waals surface area contributed by atoms with E-state index in [-0.39, 0.29) is 18.5 Å². The molecule has 0 aliphatic carbocycles. The number of aromatic nitrogens is 2. The molecule has 1 heterocycles. The molecule has 0 unspecified atom stereocenters. The molecule has 0 aliphatic heterocycles. The Morgan fingerprint density at radius 2 is 2.05 bits per heavy atom. The number of para-hydroxylation sites is 1. The van der Waals surface area contributed by atoms with Gasteiger partial charge in [0.05, 0.1) is 12.6 Å². The second-order valence-electron chi connectivity index (χ2n) is 4.66. The van der Waals surface area contributed by atoms with Gasteiger partial charge in [0.1, 0.15) is 0 Å². The van der Waals surface area contributed by atoms with E-state index in [4.69, 9.17) is 4.42 Å². The number of hydrogen-bond donors (Lipinski definition) is 1. The van der Waals surface area contributed by atoms with Crippen LogP contribution in [-0.2, 0) is 4.79 Å². The minimum Gasteiger partial charge on any atom is -0.424 e. The normalized spacial score (nSPS) is 12.4. The van der Waals surface area contributed by atoms with Crippen LogP contribution in [-0.4, -0.2) is 34.6 Å². The van der Waals surface area contributed by atoms with E-state index in [1.54, 1.807) is 6.92 Å². The third-order valence-corrected chi connectivity index (χ3v) is 3.01. The van der Waals surface area contributed by atoms with Crippen molar-refractivity contribution in [1.29, 1.82) is 0 Å². The monoisotopic (exact) mass is 274 g/mol. The highest BCUT2D eigenvalue weighted by molar-refractivity contribution is 5.92. The second kappa shape index (κ2) is 6.29. The molecule has 0 bridgehead atoms. The van der Waals surface area contributed by atoms with Gasteiger partial charge in [-0.15, -0.1) is 10.2 Å². The lowest BCUT2D eigenvalue weighted by Gasteiger charge is -2.20. The van der Waals surface area contributed by atoms with Crippen LogP contribution in [0.5, 0.6) is 0 Å². The molecular formula is C14H18N4O2. The quantitative estimate of drug-likeness (QED) is 0.903. The van der Waals surface area contributed by atoms with Crippen molar-refractivity contribution < 1.29 is 9.21 Å². The van der Waals surface area contributed by atoms with Crippen LogP contribution in [0.1, 0.15) is 24.7 Å². The van der Waals surface area contributed by atoms with E-state index in [1.807, 2.05) is 49.2 Å². The summed E-state index contributed by atoms with van der Waals surface area (Å²) in [6, 6.07) is 9.25. The summed E-state index contributed by atoms with van der Waals surface area (Å²) in [4.78, 5) is 13.8. The van der Waals surface area contributed by atoms with Crippen molar-refractivity contribution in [2.24, 2.45) is 0 Å². The number of anilines is 1. The molecule has 2 aromatic rings. The van der Waals surface area contributed by atoms with Gasteiger partial charge in [-0.25, -0.2) is 0 Å². The van der Waals surface area contributed by atoms with Gasteiger partial charge in [0.25, 0.3) is 0 Å². The lowest BCUT2D eigenvalue weighted by molar-refractivity contribution is -0.117. The number of rotatable bonds is 5. The minimum absolute atomic E-state index is 0.0817. The first-order valence-corrected chi connectivity index (χ1v) is 6.41. The molecule has 20 heavy (non-hydrogen) atoms. The van der Waals surface area contributed by atoms with Crippen LogP contribution >= 0.6 is 0 Å². The number of benzene rings is 1. The molecule has 0 saturated carbocycles. The van der Waals surface area contributed by atoms with Gasteiger partial charge in [-0.3, -0.25) is 9.69 Å². The smallest absolute Gasteiger partial charge is 0.238 e. The summed E-state index contributed by atoms with van der Waals surface area (Å²) in [5, 5.41) is 10.6. The van der Waals surface area contributed by atoms with Gasteiger partial charge in [-0.1, -0.05) is 18.2 Å². The van der Waals surface area contributed by atoms with Crippen molar-refractivity contribution in [1.82, 2.24) is 15.1 Å². The van der Waals surface area contributed by atoms with E-state index in [0.717, 1.165) is 5.69 Å². The van der Waals surface area contributed by atoms with Gasteiger partial charge in [-0.2, -0.15) is 0 Å². The molecule has 106 valence electrons. The largest absolute Gasteiger partial charge is 0.424 e. The van der Waals surface area contributed by atoms with Crippen molar-refractivity contribution in [3.05, 3.63) is 42.1 Å². The first-order valence-electron chi connectivity index (χ1n) is 6.41. The van der Waals surface area contributed by atoms with Gasteiger partial charge < -0.3 is 9.73 Å². The van der Waals surface area contributed by atoms with Crippen LogP contribution < -0.4 is 5.32 Å². The fraction of sp³-hybridized carbons (Fsp3) is 0.357. The van der Waals surface area contributed by atoms with E-state index in [9.17, 15) is 4.79 Å². The average Bonchev–Trinajstić information content (AvgIpc) is 2.85. The molecule has 0 radical (unpaired) electrons. The zero-order valence-corrected chi connectivity index (χ0v) is 11.8. The molecule has 2 rings (SSSR count). The number of aryl methyl sites for hydroxylation is 1. The Morgan fingerprint density at radius 3 is 2.65 bits per heavy atom. The molecule has 1 N–H and O–H groups in total. The summed E-state index contributed by atoms with van der Waals surface area (Å²) < 4.78 is 5.37. The standard InChI is InChI=1S/C14H18N4O2/c1-10(14-17-16-11(2)20-14)18(3)9-13(19)15-12-7-5-4-6-8-12/h4-8,10H,9H2,1-3H3,(H,15,19)/t10-/m1/s1. The van der Waals surface area contributed by atoms with Crippen molar-refractivity contribution in [3.8, 4) is 0 Å². The molecule has 1 aromatic carbocycles. The summed E-state index contributed by atoms with van der Waals surface area (Å²) in [7, 11) is 1.84. The van der Waals surface area contributed by atoms with Crippen molar-refractivity contribution >= 4 is 11.6 Å². The molecule has 1 amide bonds. The van der Waals surface area contributed by atoms with Crippen molar-refractivity contribution in [2.75, 3.05) is 18.9 Å². The molecule has 0 fully saturated rings. The lowest BCUT2D eigenvalue weighted by atomic mass is 10.3. The maximum atomic E-state index is 11.9. The Bertz CT molecular complexity index is 568. The number of hydrogen-bond acceptors (Lipinski definition) is 5. The number of nitrogens with zero attached hydrogens (tertiary/aromatic N) is 3. The van der Waals surface area contributed by atoms with Gasteiger partial charge in [0, 0.05) is 12.6 Å². The predicted molar refractivity (Wildman–Crippen MR) is 75.2 cm³/mol. The SMILES string of the molecule is Cc1nnc([C@@H](C)N(C)CC(=O)Nc2ccccc2)o1. The third-order valence-electron chi connectivity index (χ3n) is 3.01. The number of carbonyl (C=O) groups is 1. The zero-order valence-electron chi connectivity index (χ0n) is 11.8. The molecule has 0 aliphatic rings. The van der Waals surface area contributed by atoms with E-state index >= 15 is 0 Å². The van der Waals surface area contributed by atoms with Crippen molar-refractivity contribution in [2.45, 2.75) is 19.9 Å². The lowest BCUT2D eigenvalue weighted by Crippen LogP contribution is -2.32. The maximum Gasteiger partial charge on any atom is 0.238 e. The molecule has 1 atom stereocenters. The molecule has 0 saturated heterocycles. The van der Waals surface area contributed by atoms with Crippen LogP contribution in [0.25, 0.3) is 0 Å². The zero-order chi connectivity index (χ0) is 14.5. The van der Waals surface area contributed by atoms with Crippen LogP contribution in [0.3, 0.4) is 0 Å². The third kappa shape index (κ3) is 3.64. The highest BCUT2D eigenvalue weighted by Crippen LogP contribution is 2.16. The molecule has 0 spiro atoms. The van der Waals surface area contributed by atoms with Crippen LogP contribution in [0.15, 0.2) is 34.7 Å². The summed E-state index contributed by atoms with van der Waals surface area (Å²) in [5.41, 5.74) is 0.784. The fourth-order valence-corrected chi connectivity index (χ4v) is 1.75. The van der Waals surface area contributed by atoms with Gasteiger partial charge in [-0.05, 0) is 26.1 Å². The minimum atomic E-state index is -0.113. The molecule has 6 nitrogen and oxygen atoms in total. The highest BCUT2D eigenvalue weighted by Gasteiger charge is 2.19. The molecular weight excluding hydrogens is 256 g/mol. The second-order valence-corrected chi connectivity index (χ2v) is 4.66. The van der Waals surface area contributed by atoms with Crippen LogP contribution in [0, 0.1) is 6.92 Å². The summed E-state index contributed by atoms with van der Waals surface area (Å²) >= 11 is 0. The van der Waals surface area contributed by atoms with Crippen LogP contribution in [0.4, 0.5) is 5.69 Å². The van der Waals surface area contributed by atoms with Gasteiger partial charge >= 0.3 is 0 Å². The number of likely N-dealkylation sites (N-methyl/N-ethyl adjacent to an activating group) is 1. The van der Waals surface area contributed by atoms with Crippen molar-refractivity contribution in [3.63, 3.8) is 0 Å². The van der Waals surface area contributed by atoms with E-state index in [0.29, 0.717) is 11.8 Å². The van der Waals surface area contributed by atoms with E-state index in [2.05, 4.69) is 15.5 Å². The maximum absolute atomic E-state index is 11.9. The fourth-order valence-electron chi connectivity index (χ4n) is 1.75. The van der Waals surface area contributed by atoms with E-state index in [1.165, 1.54) is 0 Å². The molecule has 1 aromatic heterocycles. The summed E-state index contributed by atoms with van der Waals surface area (Å²) in [5.74, 6) is 0.952. The average molecular weight is 274 g/mol. The highest BCUT2D eigenvalue weighted by atomic mass is 16.4. The Balaban J connectivity index is 1.90. The van der Waals surface area contributed by atoms with Gasteiger partial charge in [0.2, 0.25) is 17.7 Å².